The molecule has 1 saturated carbocycles. The van der Waals surface area contributed by atoms with E-state index in [9.17, 15) is 9.90 Å². The number of hydrogen-bond donors (Lipinski definition) is 3. The summed E-state index contributed by atoms with van der Waals surface area (Å²) < 4.78 is 2.13. The van der Waals surface area contributed by atoms with Crippen LogP contribution in [-0.4, -0.2) is 38.0 Å². The van der Waals surface area contributed by atoms with Gasteiger partial charge in [-0.2, -0.15) is 0 Å². The molecular formula is C15H25N5O2. The van der Waals surface area contributed by atoms with Crippen LogP contribution in [0.3, 0.4) is 0 Å². The fourth-order valence-electron chi connectivity index (χ4n) is 3.49. The SMILES string of the molecule is O=C(NCc1nnc2n1CCCCC2)NC1(CO)CCCC1. The predicted molar refractivity (Wildman–Crippen MR) is 81.2 cm³/mol. The molecule has 0 unspecified atom stereocenters. The van der Waals surface area contributed by atoms with Crippen LogP contribution < -0.4 is 10.6 Å². The maximum Gasteiger partial charge on any atom is 0.315 e. The Labute approximate surface area is 130 Å². The minimum absolute atomic E-state index is 0.000745. The number of amides is 2. The number of rotatable bonds is 4. The molecular weight excluding hydrogens is 282 g/mol. The van der Waals surface area contributed by atoms with Crippen molar-refractivity contribution in [2.24, 2.45) is 0 Å². The van der Waals surface area contributed by atoms with Gasteiger partial charge >= 0.3 is 6.03 Å². The van der Waals surface area contributed by atoms with Gasteiger partial charge in [0.25, 0.3) is 0 Å². The number of nitrogens with one attached hydrogen (secondary N) is 2. The summed E-state index contributed by atoms with van der Waals surface area (Å²) in [6.07, 6.45) is 8.27. The molecule has 2 amide bonds. The summed E-state index contributed by atoms with van der Waals surface area (Å²) in [5.74, 6) is 1.84. The predicted octanol–water partition coefficient (Wildman–Crippen LogP) is 1.11. The van der Waals surface area contributed by atoms with Gasteiger partial charge in [0.15, 0.2) is 5.82 Å². The summed E-state index contributed by atoms with van der Waals surface area (Å²) in [7, 11) is 0. The van der Waals surface area contributed by atoms with Crippen molar-refractivity contribution < 1.29 is 9.90 Å². The zero-order valence-corrected chi connectivity index (χ0v) is 13.0. The quantitative estimate of drug-likeness (QED) is 0.777. The van der Waals surface area contributed by atoms with Crippen molar-refractivity contribution in [3.63, 3.8) is 0 Å². The first kappa shape index (κ1) is 15.3. The van der Waals surface area contributed by atoms with E-state index in [2.05, 4.69) is 25.4 Å². The Kier molecular flexibility index (Phi) is 4.61. The second-order valence-electron chi connectivity index (χ2n) is 6.45. The Bertz CT molecular complexity index is 522. The first-order valence-electron chi connectivity index (χ1n) is 8.30. The molecule has 7 heteroatoms. The number of aliphatic hydroxyl groups excluding tert-OH is 1. The zero-order valence-electron chi connectivity index (χ0n) is 13.0. The van der Waals surface area contributed by atoms with Gasteiger partial charge < -0.3 is 20.3 Å². The van der Waals surface area contributed by atoms with Crippen LogP contribution in [0, 0.1) is 0 Å². The Morgan fingerprint density at radius 1 is 1.18 bits per heavy atom. The van der Waals surface area contributed by atoms with E-state index in [1.54, 1.807) is 0 Å². The molecule has 3 N–H and O–H groups in total. The second-order valence-corrected chi connectivity index (χ2v) is 6.45. The van der Waals surface area contributed by atoms with Crippen LogP contribution in [0.5, 0.6) is 0 Å². The van der Waals surface area contributed by atoms with Crippen molar-refractivity contribution >= 4 is 6.03 Å². The first-order valence-corrected chi connectivity index (χ1v) is 8.30. The zero-order chi connectivity index (χ0) is 15.4. The van der Waals surface area contributed by atoms with E-state index in [-0.39, 0.29) is 12.6 Å². The molecule has 0 aromatic carbocycles. The number of nitrogens with zero attached hydrogens (tertiary/aromatic N) is 3. The molecule has 1 aromatic heterocycles. The smallest absolute Gasteiger partial charge is 0.315 e. The minimum Gasteiger partial charge on any atom is -0.394 e. The van der Waals surface area contributed by atoms with Crippen molar-refractivity contribution in [1.29, 1.82) is 0 Å². The summed E-state index contributed by atoms with van der Waals surface area (Å²) >= 11 is 0. The van der Waals surface area contributed by atoms with E-state index in [0.29, 0.717) is 6.54 Å². The lowest BCUT2D eigenvalue weighted by Gasteiger charge is -2.27. The third-order valence-electron chi connectivity index (χ3n) is 4.84. The van der Waals surface area contributed by atoms with Crippen LogP contribution in [0.2, 0.25) is 0 Å². The van der Waals surface area contributed by atoms with Gasteiger partial charge in [-0.1, -0.05) is 19.3 Å². The number of aliphatic hydroxyl groups is 1. The van der Waals surface area contributed by atoms with Crippen LogP contribution in [-0.2, 0) is 19.5 Å². The second kappa shape index (κ2) is 6.64. The normalized spacial score (nSPS) is 20.2. The highest BCUT2D eigenvalue weighted by Gasteiger charge is 2.34. The van der Waals surface area contributed by atoms with E-state index >= 15 is 0 Å². The van der Waals surface area contributed by atoms with Gasteiger partial charge in [0, 0.05) is 13.0 Å². The van der Waals surface area contributed by atoms with Gasteiger partial charge in [0.05, 0.1) is 18.7 Å². The molecule has 1 aromatic rings. The molecule has 0 radical (unpaired) electrons. The lowest BCUT2D eigenvalue weighted by atomic mass is 9.99. The van der Waals surface area contributed by atoms with Crippen LogP contribution in [0.4, 0.5) is 4.79 Å². The topological polar surface area (TPSA) is 92.1 Å². The highest BCUT2D eigenvalue weighted by molar-refractivity contribution is 5.74. The highest BCUT2D eigenvalue weighted by Crippen LogP contribution is 2.28. The van der Waals surface area contributed by atoms with E-state index in [1.807, 2.05) is 0 Å². The van der Waals surface area contributed by atoms with Crippen molar-refractivity contribution in [3.8, 4) is 0 Å². The monoisotopic (exact) mass is 307 g/mol. The van der Waals surface area contributed by atoms with Gasteiger partial charge in [-0.3, -0.25) is 0 Å². The summed E-state index contributed by atoms with van der Waals surface area (Å²) in [5.41, 5.74) is -0.439. The standard InChI is InChI=1S/C15H25N5O2/c21-11-15(7-3-4-8-15)17-14(22)16-10-13-19-18-12-6-2-1-5-9-20(12)13/h21H,1-11H2,(H2,16,17,22). The third-order valence-corrected chi connectivity index (χ3v) is 4.84. The fraction of sp³-hybridized carbons (Fsp3) is 0.800. The molecule has 22 heavy (non-hydrogen) atoms. The summed E-state index contributed by atoms with van der Waals surface area (Å²) in [5, 5.41) is 23.8. The maximum absolute atomic E-state index is 12.1. The maximum atomic E-state index is 12.1. The molecule has 7 nitrogen and oxygen atoms in total. The summed E-state index contributed by atoms with van der Waals surface area (Å²) in [6.45, 7) is 1.31. The number of carbonyl (C=O) groups is 1. The van der Waals surface area contributed by atoms with E-state index in [4.69, 9.17) is 0 Å². The fourth-order valence-corrected chi connectivity index (χ4v) is 3.49. The average Bonchev–Trinajstić information content (AvgIpc) is 3.07. The third kappa shape index (κ3) is 3.24. The molecule has 3 rings (SSSR count). The van der Waals surface area contributed by atoms with E-state index in [0.717, 1.165) is 63.1 Å². The minimum atomic E-state index is -0.439. The number of hydrogen-bond acceptors (Lipinski definition) is 4. The van der Waals surface area contributed by atoms with Gasteiger partial charge in [-0.05, 0) is 25.7 Å². The van der Waals surface area contributed by atoms with Crippen molar-refractivity contribution in [2.75, 3.05) is 6.61 Å². The first-order chi connectivity index (χ1) is 10.7. The average molecular weight is 307 g/mol. The van der Waals surface area contributed by atoms with Crippen molar-refractivity contribution in [3.05, 3.63) is 11.6 Å². The lowest BCUT2D eigenvalue weighted by Crippen LogP contribution is -2.52. The molecule has 1 aliphatic heterocycles. The Hall–Kier alpha value is -1.63. The molecule has 0 atom stereocenters. The van der Waals surface area contributed by atoms with Gasteiger partial charge in [0.1, 0.15) is 5.82 Å². The molecule has 0 spiro atoms. The van der Waals surface area contributed by atoms with Gasteiger partial charge in [0.2, 0.25) is 0 Å². The van der Waals surface area contributed by atoms with E-state index < -0.39 is 5.54 Å². The highest BCUT2D eigenvalue weighted by atomic mass is 16.3. The molecule has 122 valence electrons. The van der Waals surface area contributed by atoms with Crippen LogP contribution in [0.15, 0.2) is 0 Å². The van der Waals surface area contributed by atoms with Crippen molar-refractivity contribution in [2.45, 2.75) is 70.0 Å². The lowest BCUT2D eigenvalue weighted by molar-refractivity contribution is 0.162. The van der Waals surface area contributed by atoms with Crippen LogP contribution in [0.1, 0.15) is 56.6 Å². The number of urea groups is 1. The summed E-state index contributed by atoms with van der Waals surface area (Å²) in [4.78, 5) is 12.1. The number of aryl methyl sites for hydroxylation is 1. The number of aromatic nitrogens is 3. The van der Waals surface area contributed by atoms with Crippen LogP contribution >= 0.6 is 0 Å². The molecule has 2 heterocycles. The molecule has 1 fully saturated rings. The molecule has 0 bridgehead atoms. The van der Waals surface area contributed by atoms with Crippen LogP contribution in [0.25, 0.3) is 0 Å². The summed E-state index contributed by atoms with van der Waals surface area (Å²) in [6, 6.07) is -0.234. The molecule has 2 aliphatic rings. The van der Waals surface area contributed by atoms with Gasteiger partial charge in [-0.25, -0.2) is 4.79 Å². The Morgan fingerprint density at radius 2 is 2.00 bits per heavy atom. The molecule has 1 aliphatic carbocycles. The number of carbonyl (C=O) groups excluding carboxylic acids is 1. The van der Waals surface area contributed by atoms with Crippen molar-refractivity contribution in [1.82, 2.24) is 25.4 Å². The van der Waals surface area contributed by atoms with Gasteiger partial charge in [-0.15, -0.1) is 10.2 Å². The van der Waals surface area contributed by atoms with E-state index in [1.165, 1.54) is 6.42 Å². The molecule has 0 saturated heterocycles. The Morgan fingerprint density at radius 3 is 2.77 bits per heavy atom. The Balaban J connectivity index is 1.56. The largest absolute Gasteiger partial charge is 0.394 e. The number of fused-ring (bicyclic) bond motifs is 1.